The summed E-state index contributed by atoms with van der Waals surface area (Å²) in [6, 6.07) is 13.4. The van der Waals surface area contributed by atoms with Gasteiger partial charge >= 0.3 is 5.97 Å². The monoisotopic (exact) mass is 411 g/mol. The Balaban J connectivity index is 1.49. The van der Waals surface area contributed by atoms with Crippen molar-refractivity contribution in [3.8, 4) is 5.75 Å². The maximum absolute atomic E-state index is 12.8. The van der Waals surface area contributed by atoms with Crippen molar-refractivity contribution in [2.45, 2.75) is 12.8 Å². The largest absolute Gasteiger partial charge is 0.494 e. The van der Waals surface area contributed by atoms with Crippen molar-refractivity contribution in [3.05, 3.63) is 65.3 Å². The molecule has 0 saturated carbocycles. The molecular weight excluding hydrogens is 386 g/mol. The molecule has 6 heteroatoms. The van der Waals surface area contributed by atoms with Gasteiger partial charge in [-0.2, -0.15) is 0 Å². The molecule has 0 bridgehead atoms. The third kappa shape index (κ3) is 5.65. The Morgan fingerprint density at radius 2 is 1.79 bits per heavy atom. The molecule has 1 heterocycles. The van der Waals surface area contributed by atoms with E-state index in [0.29, 0.717) is 18.6 Å². The number of fused-ring (bicyclic) bond motifs is 2. The summed E-state index contributed by atoms with van der Waals surface area (Å²) in [5, 5.41) is 1.46. The van der Waals surface area contributed by atoms with E-state index in [9.17, 15) is 9.59 Å². The Labute approximate surface area is 174 Å². The molecule has 3 rings (SSSR count). The fraction of sp³-hybridized carbons (Fsp3) is 0.304. The van der Waals surface area contributed by atoms with Gasteiger partial charge in [0, 0.05) is 39.3 Å². The molecule has 0 unspecified atom stereocenters. The van der Waals surface area contributed by atoms with E-state index in [0.717, 1.165) is 46.5 Å². The lowest BCUT2D eigenvalue weighted by atomic mass is 10.2. The first kappa shape index (κ1) is 21.0. The molecule has 3 aromatic rings. The van der Waals surface area contributed by atoms with Crippen LogP contribution in [-0.4, -0.2) is 44.2 Å². The van der Waals surface area contributed by atoms with Crippen LogP contribution in [0.3, 0.4) is 0 Å². The Bertz CT molecular complexity index is 1060. The Morgan fingerprint density at radius 3 is 2.59 bits per heavy atom. The van der Waals surface area contributed by atoms with Crippen molar-refractivity contribution in [2.24, 2.45) is 0 Å². The summed E-state index contributed by atoms with van der Waals surface area (Å²) in [6.45, 7) is 6.06. The second-order valence-electron chi connectivity index (χ2n) is 6.82. The van der Waals surface area contributed by atoms with E-state index >= 15 is 0 Å². The van der Waals surface area contributed by atoms with E-state index in [-0.39, 0.29) is 11.4 Å². The maximum atomic E-state index is 12.8. The van der Waals surface area contributed by atoms with Gasteiger partial charge in [0.15, 0.2) is 5.43 Å². The lowest BCUT2D eigenvalue weighted by Gasteiger charge is -2.16. The molecule has 0 saturated heterocycles. The summed E-state index contributed by atoms with van der Waals surface area (Å²) in [7, 11) is 2.03. The molecule has 1 aromatic heterocycles. The van der Waals surface area contributed by atoms with Gasteiger partial charge in [-0.1, -0.05) is 18.7 Å². The number of esters is 1. The summed E-state index contributed by atoms with van der Waals surface area (Å²) in [5.74, 6) is 0.336. The van der Waals surface area contributed by atoms with Crippen LogP contribution in [0.15, 0.2) is 59.9 Å². The zero-order valence-electron chi connectivity index (χ0n) is 16.6. The van der Waals surface area contributed by atoms with Crippen molar-refractivity contribution >= 4 is 37.5 Å². The number of carbonyl (C=O) groups is 1. The molecule has 0 atom stereocenters. The predicted molar refractivity (Wildman–Crippen MR) is 119 cm³/mol. The number of nitrogens with zero attached hydrogens (tertiary/aromatic N) is 1. The average molecular weight is 412 g/mol. The molecule has 0 aliphatic rings. The highest BCUT2D eigenvalue weighted by Gasteiger charge is 2.07. The molecule has 0 fully saturated rings. The van der Waals surface area contributed by atoms with Crippen LogP contribution >= 0.6 is 11.3 Å². The van der Waals surface area contributed by atoms with Gasteiger partial charge in [0.1, 0.15) is 5.75 Å². The maximum Gasteiger partial charge on any atom is 0.330 e. The first-order valence-corrected chi connectivity index (χ1v) is 10.5. The SMILES string of the molecule is C=CC(=O)OCCCN(C)CCCOc1ccc2sc3ccccc3c(=O)c2c1. The number of rotatable bonds is 10. The number of hydrogen-bond donors (Lipinski definition) is 0. The predicted octanol–water partition coefficient (Wildman–Crippen LogP) is 4.23. The van der Waals surface area contributed by atoms with Crippen LogP contribution in [-0.2, 0) is 9.53 Å². The molecule has 0 N–H and O–H groups in total. The number of carbonyl (C=O) groups excluding carboxylic acids is 1. The van der Waals surface area contributed by atoms with Crippen LogP contribution in [0, 0.1) is 0 Å². The first-order valence-electron chi connectivity index (χ1n) is 9.64. The molecular formula is C23H25NO4S. The molecule has 152 valence electrons. The molecule has 0 amide bonds. The van der Waals surface area contributed by atoms with Crippen LogP contribution < -0.4 is 10.2 Å². The van der Waals surface area contributed by atoms with E-state index in [2.05, 4.69) is 11.5 Å². The van der Waals surface area contributed by atoms with E-state index in [1.165, 1.54) is 6.08 Å². The summed E-state index contributed by atoms with van der Waals surface area (Å²) in [6.07, 6.45) is 2.82. The zero-order chi connectivity index (χ0) is 20.6. The lowest BCUT2D eigenvalue weighted by Crippen LogP contribution is -2.23. The Morgan fingerprint density at radius 1 is 1.07 bits per heavy atom. The third-order valence-electron chi connectivity index (χ3n) is 4.60. The molecule has 0 aliphatic heterocycles. The van der Waals surface area contributed by atoms with Crippen molar-refractivity contribution < 1.29 is 14.3 Å². The second-order valence-corrected chi connectivity index (χ2v) is 7.90. The van der Waals surface area contributed by atoms with Gasteiger partial charge in [0.2, 0.25) is 0 Å². The van der Waals surface area contributed by atoms with Gasteiger partial charge in [-0.3, -0.25) is 4.79 Å². The quantitative estimate of drug-likeness (QED) is 0.216. The number of ether oxygens (including phenoxy) is 2. The Hall–Kier alpha value is -2.70. The minimum Gasteiger partial charge on any atom is -0.494 e. The van der Waals surface area contributed by atoms with Crippen molar-refractivity contribution in [1.82, 2.24) is 4.90 Å². The van der Waals surface area contributed by atoms with Crippen molar-refractivity contribution in [3.63, 3.8) is 0 Å². The third-order valence-corrected chi connectivity index (χ3v) is 5.75. The van der Waals surface area contributed by atoms with Crippen molar-refractivity contribution in [2.75, 3.05) is 33.4 Å². The fourth-order valence-corrected chi connectivity index (χ4v) is 4.13. The smallest absolute Gasteiger partial charge is 0.330 e. The van der Waals surface area contributed by atoms with Crippen LogP contribution in [0.5, 0.6) is 5.75 Å². The molecule has 0 spiro atoms. The minimum atomic E-state index is -0.383. The first-order chi connectivity index (χ1) is 14.1. The summed E-state index contributed by atoms with van der Waals surface area (Å²) in [5.41, 5.74) is 0.0525. The normalized spacial score (nSPS) is 11.1. The zero-order valence-corrected chi connectivity index (χ0v) is 17.4. The van der Waals surface area contributed by atoms with E-state index in [1.54, 1.807) is 11.3 Å². The second kappa shape index (κ2) is 10.2. The molecule has 2 aromatic carbocycles. The van der Waals surface area contributed by atoms with Crippen LogP contribution in [0.4, 0.5) is 0 Å². The van der Waals surface area contributed by atoms with E-state index < -0.39 is 0 Å². The van der Waals surface area contributed by atoms with Crippen LogP contribution in [0.1, 0.15) is 12.8 Å². The molecule has 29 heavy (non-hydrogen) atoms. The average Bonchev–Trinajstić information content (AvgIpc) is 2.74. The van der Waals surface area contributed by atoms with E-state index in [1.807, 2.05) is 49.5 Å². The molecule has 0 aliphatic carbocycles. The lowest BCUT2D eigenvalue weighted by molar-refractivity contribution is -0.137. The van der Waals surface area contributed by atoms with Gasteiger partial charge in [0.25, 0.3) is 0 Å². The highest BCUT2D eigenvalue weighted by Crippen LogP contribution is 2.27. The highest BCUT2D eigenvalue weighted by atomic mass is 32.1. The minimum absolute atomic E-state index is 0.0525. The number of benzene rings is 2. The topological polar surface area (TPSA) is 55.8 Å². The van der Waals surface area contributed by atoms with Gasteiger partial charge in [0.05, 0.1) is 13.2 Å². The van der Waals surface area contributed by atoms with Crippen LogP contribution in [0.25, 0.3) is 20.2 Å². The summed E-state index contributed by atoms with van der Waals surface area (Å²) in [4.78, 5) is 25.9. The summed E-state index contributed by atoms with van der Waals surface area (Å²) >= 11 is 1.62. The van der Waals surface area contributed by atoms with Gasteiger partial charge < -0.3 is 14.4 Å². The van der Waals surface area contributed by atoms with Gasteiger partial charge in [-0.25, -0.2) is 4.79 Å². The Kier molecular flexibility index (Phi) is 7.38. The summed E-state index contributed by atoms with van der Waals surface area (Å²) < 4.78 is 12.8. The number of hydrogen-bond acceptors (Lipinski definition) is 6. The van der Waals surface area contributed by atoms with Crippen LogP contribution in [0.2, 0.25) is 0 Å². The standard InChI is InChI=1S/C23H25NO4S/c1-3-22(25)28-15-7-13-24(2)12-6-14-27-17-10-11-21-19(16-17)23(26)18-8-4-5-9-20(18)29-21/h3-5,8-11,16H,1,6-7,12-15H2,2H3. The van der Waals surface area contributed by atoms with E-state index in [4.69, 9.17) is 9.47 Å². The van der Waals surface area contributed by atoms with Crippen molar-refractivity contribution in [1.29, 1.82) is 0 Å². The van der Waals surface area contributed by atoms with Gasteiger partial charge in [-0.15, -0.1) is 11.3 Å². The van der Waals surface area contributed by atoms with Gasteiger partial charge in [-0.05, 0) is 50.2 Å². The molecule has 0 radical (unpaired) electrons. The highest BCUT2D eigenvalue weighted by molar-refractivity contribution is 7.24. The fourth-order valence-electron chi connectivity index (χ4n) is 3.07. The molecule has 5 nitrogen and oxygen atoms in total.